The third-order valence-electron chi connectivity index (χ3n) is 19.1. The number of halogens is 9. The summed E-state index contributed by atoms with van der Waals surface area (Å²) in [5, 5.41) is 9.44. The van der Waals surface area contributed by atoms with Gasteiger partial charge in [-0.3, -0.25) is 29.0 Å². The van der Waals surface area contributed by atoms with Gasteiger partial charge in [0, 0.05) is 121 Å². The lowest BCUT2D eigenvalue weighted by Gasteiger charge is -2.16. The molecule has 12 aromatic rings. The molecule has 6 aromatic carbocycles. The first-order valence-electron chi connectivity index (χ1n) is 37.0. The highest BCUT2D eigenvalue weighted by molar-refractivity contribution is 5.99. The van der Waals surface area contributed by atoms with Crippen LogP contribution in [0.5, 0.6) is 0 Å². The molecule has 15 rings (SSSR count). The van der Waals surface area contributed by atoms with Crippen molar-refractivity contribution in [2.24, 2.45) is 15.0 Å². The van der Waals surface area contributed by atoms with Crippen molar-refractivity contribution in [2.75, 3.05) is 46.1 Å². The lowest BCUT2D eigenvalue weighted by atomic mass is 9.97. The number of fused-ring (bicyclic) bond motifs is 3. The maximum atomic E-state index is 13.9. The Balaban J connectivity index is 0.000000156. The topological polar surface area (TPSA) is 247 Å². The monoisotopic (exact) mass is 1630 g/mol. The SMILES string of the molecule is CC(=O)Nc1ccc[n+]2c1=NCC=2C#Cc1cc(C(=O)Cc2cc(-n3ccnc3CN(C)C)cc(C(F)(F)F)c2)ccc1C.CNC(=O)c1cn(-c2cc(CC(=O)c3ccc(C)c(C#CC4=[n+]5ccncc5=NC4)c3)cc(C(F)(F)F)c2)cn1.Cc1ccc(C(=O)Cc2cc(-n3ccnc3)cc(C(F)(F)F)c2)cc1C#CC1=[n+]2ncccc2=NC1. The van der Waals surface area contributed by atoms with E-state index in [2.05, 4.69) is 86.2 Å². The molecule has 22 nitrogen and oxygen atoms in total. The van der Waals surface area contributed by atoms with E-state index < -0.39 is 41.1 Å². The Hall–Kier alpha value is -14.8. The van der Waals surface area contributed by atoms with Gasteiger partial charge in [0.2, 0.25) is 42.7 Å². The second kappa shape index (κ2) is 35.4. The number of rotatable bonds is 16. The van der Waals surface area contributed by atoms with Gasteiger partial charge in [-0.1, -0.05) is 78.6 Å². The molecule has 2 amide bonds. The summed E-state index contributed by atoms with van der Waals surface area (Å²) < 4.78 is 133. The number of nitrogens with one attached hydrogen (secondary N) is 2. The molecule has 602 valence electrons. The van der Waals surface area contributed by atoms with Crippen molar-refractivity contribution in [2.45, 2.75) is 72.0 Å². The molecule has 0 radical (unpaired) electrons. The third-order valence-corrected chi connectivity index (χ3v) is 19.1. The summed E-state index contributed by atoms with van der Waals surface area (Å²) in [6, 6.07) is 33.1. The number of aryl methyl sites for hydroxylation is 3. The number of anilines is 1. The predicted octanol–water partition coefficient (Wildman–Crippen LogP) is 10.1. The summed E-state index contributed by atoms with van der Waals surface area (Å²) in [7, 11) is 5.12. The average Bonchev–Trinajstić information content (AvgIpc) is 1.59. The van der Waals surface area contributed by atoms with E-state index in [1.807, 2.05) is 56.3 Å². The van der Waals surface area contributed by atoms with E-state index in [-0.39, 0.29) is 82.0 Å². The number of amides is 2. The molecule has 120 heavy (non-hydrogen) atoms. The van der Waals surface area contributed by atoms with Crippen LogP contribution < -0.4 is 39.9 Å². The summed E-state index contributed by atoms with van der Waals surface area (Å²) in [6.45, 7) is 8.62. The molecule has 0 saturated carbocycles. The first-order valence-corrected chi connectivity index (χ1v) is 37.0. The number of benzene rings is 6. The van der Waals surface area contributed by atoms with Gasteiger partial charge in [-0.15, -0.1) is 0 Å². The number of hydrogen-bond donors (Lipinski definition) is 2. The van der Waals surface area contributed by atoms with Crippen molar-refractivity contribution in [1.82, 2.24) is 49.0 Å². The highest BCUT2D eigenvalue weighted by Crippen LogP contribution is 2.36. The Labute approximate surface area is 679 Å². The highest BCUT2D eigenvalue weighted by atomic mass is 19.4. The van der Waals surface area contributed by atoms with Crippen LogP contribution in [0.4, 0.5) is 45.2 Å². The zero-order chi connectivity index (χ0) is 85.3. The van der Waals surface area contributed by atoms with Gasteiger partial charge < -0.3 is 29.2 Å². The number of Topliss-reactive ketones (excluding diaryl/α,β-unsaturated/α-hetero) is 3. The minimum atomic E-state index is -4.64. The van der Waals surface area contributed by atoms with Crippen LogP contribution >= 0.6 is 0 Å². The van der Waals surface area contributed by atoms with Crippen molar-refractivity contribution in [3.05, 3.63) is 337 Å². The number of carbonyl (C=O) groups excluding carboxylic acids is 5. The van der Waals surface area contributed by atoms with Crippen LogP contribution in [0.1, 0.15) is 121 Å². The maximum absolute atomic E-state index is 13.9. The van der Waals surface area contributed by atoms with Gasteiger partial charge in [0.15, 0.2) is 17.3 Å². The minimum Gasteiger partial charge on any atom is -0.354 e. The van der Waals surface area contributed by atoms with Gasteiger partial charge in [-0.2, -0.15) is 48.0 Å². The molecule has 9 heterocycles. The van der Waals surface area contributed by atoms with Gasteiger partial charge in [-0.25, -0.2) is 15.0 Å². The molecule has 0 aliphatic carbocycles. The Morgan fingerprint density at radius 1 is 0.508 bits per heavy atom. The Kier molecular flexibility index (Phi) is 24.5. The molecule has 0 spiro atoms. The second-order valence-corrected chi connectivity index (χ2v) is 28.1. The van der Waals surface area contributed by atoms with Crippen LogP contribution in [-0.2, 0) is 49.1 Å². The summed E-state index contributed by atoms with van der Waals surface area (Å²) in [4.78, 5) is 94.4. The van der Waals surface area contributed by atoms with Crippen LogP contribution in [0.2, 0.25) is 0 Å². The van der Waals surface area contributed by atoms with Gasteiger partial charge in [0.25, 0.3) is 5.91 Å². The molecule has 2 N–H and O–H groups in total. The van der Waals surface area contributed by atoms with Gasteiger partial charge >= 0.3 is 35.0 Å². The van der Waals surface area contributed by atoms with E-state index in [0.29, 0.717) is 87.8 Å². The smallest absolute Gasteiger partial charge is 0.354 e. The first-order chi connectivity index (χ1) is 57.3. The fourth-order valence-electron chi connectivity index (χ4n) is 12.9. The molecule has 3 aliphatic heterocycles. The largest absolute Gasteiger partial charge is 0.416 e. The zero-order valence-electron chi connectivity index (χ0n) is 65.2. The molecule has 0 bridgehead atoms. The maximum Gasteiger partial charge on any atom is 0.416 e. The van der Waals surface area contributed by atoms with E-state index in [1.165, 1.54) is 60.4 Å². The average molecular weight is 1630 g/mol. The summed E-state index contributed by atoms with van der Waals surface area (Å²) >= 11 is 0. The number of pyridine rings is 1. The minimum absolute atomic E-state index is 0.0498. The Morgan fingerprint density at radius 3 is 1.56 bits per heavy atom. The van der Waals surface area contributed by atoms with Crippen LogP contribution in [-0.4, -0.2) is 114 Å². The molecular weight excluding hydrogens is 1560 g/mol. The number of hydrogen-bond acceptors (Lipinski definition) is 14. The molecule has 0 saturated heterocycles. The number of alkyl halides is 9. The predicted molar refractivity (Wildman–Crippen MR) is 419 cm³/mol. The van der Waals surface area contributed by atoms with E-state index in [9.17, 15) is 63.5 Å². The number of imidazole rings is 3. The van der Waals surface area contributed by atoms with E-state index in [1.54, 1.807) is 135 Å². The second-order valence-electron chi connectivity index (χ2n) is 28.1. The zero-order valence-corrected chi connectivity index (χ0v) is 65.2. The van der Waals surface area contributed by atoms with Gasteiger partial charge in [0.1, 0.15) is 35.9 Å². The number of aromatic nitrogens is 11. The van der Waals surface area contributed by atoms with Crippen molar-refractivity contribution >= 4 is 34.9 Å². The third kappa shape index (κ3) is 20.0. The van der Waals surface area contributed by atoms with Crippen LogP contribution in [0.3, 0.4) is 0 Å². The molecule has 0 fully saturated rings. The van der Waals surface area contributed by atoms with Gasteiger partial charge in [-0.05, 0) is 177 Å². The Bertz CT molecular complexity index is 6750. The number of nitrogens with zero attached hydrogens (tertiary/aromatic N) is 15. The van der Waals surface area contributed by atoms with Crippen molar-refractivity contribution in [1.29, 1.82) is 0 Å². The van der Waals surface area contributed by atoms with Crippen molar-refractivity contribution in [3.8, 4) is 52.6 Å². The van der Waals surface area contributed by atoms with Crippen LogP contribution in [0, 0.1) is 73.4 Å². The lowest BCUT2D eigenvalue weighted by molar-refractivity contribution is -0.597. The summed E-state index contributed by atoms with van der Waals surface area (Å²) in [5.74, 6) is 17.5. The molecular formula is C89H71F9N17O5+3. The van der Waals surface area contributed by atoms with E-state index >= 15 is 0 Å². The molecule has 0 unspecified atom stereocenters. The standard InChI is InChI=1S/C33H29F3N6O2.C29H21F3N6O2.C27H19F3N5O/c1-21-7-8-25(17-24(21)9-10-27-19-38-32-29(39-22(2)43)6-5-12-42(27)32)30(44)16-23-14-26(33(34,35)36)18-28(15-23)41-13-11-37-31(41)20-40(3)4;1-18-3-4-21(12-20(18)5-6-23-14-35-27-15-34-7-8-38(23)27)26(39)11-19-9-22(29(30,31)32)13-24(10-19)37-16-25(36-17-37)28(40)33-2;1-18-4-5-21(14-20(18)6-7-23-16-32-26-3-2-8-33-35(23)26)25(36)13-19-11-22(27(28,29)30)15-24(12-19)34-10-9-31-17-34/h5-8,11-15,17-18H,16,19-20H2,1-4H3;3-4,7-10,12-13,15-17H,11,14H2,1-2H3;2-5,8-12,14-15,17H,13,16H2,1H3/q;;+1/p+2. The molecule has 3 aliphatic rings. The molecule has 31 heteroatoms. The molecule has 0 atom stereocenters. The number of carbonyl (C=O) groups is 5. The van der Waals surface area contributed by atoms with E-state index in [4.69, 9.17) is 0 Å². The summed E-state index contributed by atoms with van der Waals surface area (Å²) in [6.07, 6.45) is 4.23. The molecule has 6 aromatic heterocycles. The van der Waals surface area contributed by atoms with Crippen LogP contribution in [0.25, 0.3) is 17.1 Å². The van der Waals surface area contributed by atoms with Crippen LogP contribution in [0.15, 0.2) is 223 Å². The summed E-state index contributed by atoms with van der Waals surface area (Å²) in [5.41, 5.74) is 9.16. The quantitative estimate of drug-likeness (QED) is 0.0399. The van der Waals surface area contributed by atoms with Gasteiger partial charge in [0.05, 0.1) is 48.2 Å². The lowest BCUT2D eigenvalue weighted by Crippen LogP contribution is -2.39. The van der Waals surface area contributed by atoms with Crippen molar-refractivity contribution in [3.63, 3.8) is 0 Å². The highest BCUT2D eigenvalue weighted by Gasteiger charge is 2.35. The normalized spacial score (nSPS) is 12.4. The fourth-order valence-corrected chi connectivity index (χ4v) is 12.9. The Morgan fingerprint density at radius 2 is 1.02 bits per heavy atom. The van der Waals surface area contributed by atoms with E-state index in [0.717, 1.165) is 70.0 Å². The van der Waals surface area contributed by atoms with Crippen molar-refractivity contribution < 1.29 is 76.3 Å². The number of ketones is 3. The first kappa shape index (κ1) is 83.2. The fraction of sp³-hybridized carbons (Fsp3) is 0.191.